The average molecular weight is 510 g/mol. The van der Waals surface area contributed by atoms with Gasteiger partial charge < -0.3 is 9.47 Å². The van der Waals surface area contributed by atoms with E-state index in [9.17, 15) is 9.59 Å². The fourth-order valence-corrected chi connectivity index (χ4v) is 5.11. The van der Waals surface area contributed by atoms with E-state index in [1.54, 1.807) is 27.7 Å². The topological polar surface area (TPSA) is 79.9 Å². The fraction of sp³-hybridized carbons (Fsp3) is 0.280. The lowest BCUT2D eigenvalue weighted by Gasteiger charge is -2.34. The highest BCUT2D eigenvalue weighted by molar-refractivity contribution is 9.10. The van der Waals surface area contributed by atoms with Crippen molar-refractivity contribution in [3.8, 4) is 5.75 Å². The maximum Gasteiger partial charge on any atom is 0.408 e. The smallest absolute Gasteiger partial charge is 0.408 e. The molecule has 2 N–H and O–H groups in total. The van der Waals surface area contributed by atoms with Crippen LogP contribution in [-0.4, -0.2) is 23.3 Å². The number of nitrogens with zero attached hydrogens (tertiary/aromatic N) is 1. The third-order valence-electron chi connectivity index (χ3n) is 5.90. The van der Waals surface area contributed by atoms with E-state index < -0.39 is 23.0 Å². The Bertz CT molecular complexity index is 1290. The first-order valence-corrected chi connectivity index (χ1v) is 11.4. The first-order valence-electron chi connectivity index (χ1n) is 10.6. The molecule has 0 spiro atoms. The second-order valence-electron chi connectivity index (χ2n) is 9.38. The predicted molar refractivity (Wildman–Crippen MR) is 129 cm³/mol. The van der Waals surface area contributed by atoms with Gasteiger partial charge in [-0.1, -0.05) is 42.5 Å². The van der Waals surface area contributed by atoms with Gasteiger partial charge in [-0.25, -0.2) is 9.80 Å². The lowest BCUT2D eigenvalue weighted by molar-refractivity contribution is -0.126. The van der Waals surface area contributed by atoms with Crippen molar-refractivity contribution < 1.29 is 19.1 Å². The minimum atomic E-state index is -1.58. The van der Waals surface area contributed by atoms with Crippen molar-refractivity contribution in [3.63, 3.8) is 0 Å². The molecule has 2 aliphatic heterocycles. The summed E-state index contributed by atoms with van der Waals surface area (Å²) in [6.07, 6.45) is -0.709. The highest BCUT2D eigenvalue weighted by Crippen LogP contribution is 2.56. The molecule has 0 aliphatic carbocycles. The van der Waals surface area contributed by atoms with Crippen LogP contribution in [0, 0.1) is 0 Å². The van der Waals surface area contributed by atoms with Crippen molar-refractivity contribution in [3.05, 3.63) is 70.7 Å². The summed E-state index contributed by atoms with van der Waals surface area (Å²) in [5.41, 5.74) is 0.790. The largest absolute Gasteiger partial charge is 0.466 e. The van der Waals surface area contributed by atoms with Crippen LogP contribution in [0.4, 0.5) is 10.5 Å². The number of rotatable bonds is 2. The van der Waals surface area contributed by atoms with E-state index in [0.29, 0.717) is 21.5 Å². The number of halogens is 1. The maximum atomic E-state index is 14.2. The number of carbonyl (C=O) groups excluding carboxylic acids is 2. The fourth-order valence-electron chi connectivity index (χ4n) is 4.59. The zero-order valence-electron chi connectivity index (χ0n) is 18.7. The number of alkyl carbamates (subject to hydrolysis) is 1. The van der Waals surface area contributed by atoms with Crippen molar-refractivity contribution in [2.75, 3.05) is 5.01 Å². The van der Waals surface area contributed by atoms with Crippen LogP contribution in [0.1, 0.15) is 33.3 Å². The summed E-state index contributed by atoms with van der Waals surface area (Å²) in [5.74, 6) is 0.130. The Labute approximate surface area is 200 Å². The van der Waals surface area contributed by atoms with Crippen LogP contribution in [0.15, 0.2) is 65.1 Å². The van der Waals surface area contributed by atoms with Crippen molar-refractivity contribution in [2.45, 2.75) is 44.6 Å². The molecule has 8 heteroatoms. The normalized spacial score (nSPS) is 23.8. The number of para-hydroxylation sites is 1. The summed E-state index contributed by atoms with van der Waals surface area (Å²) in [5, 5.41) is 6.06. The van der Waals surface area contributed by atoms with Crippen molar-refractivity contribution >= 4 is 44.4 Å². The molecule has 0 unspecified atom stereocenters. The van der Waals surface area contributed by atoms with Gasteiger partial charge in [0.15, 0.2) is 0 Å². The number of amides is 2. The second kappa shape index (κ2) is 7.20. The number of anilines is 1. The number of hydrogen-bond acceptors (Lipinski definition) is 5. The van der Waals surface area contributed by atoms with Gasteiger partial charge in [0.25, 0.3) is 5.91 Å². The van der Waals surface area contributed by atoms with E-state index in [0.717, 1.165) is 10.8 Å². The Balaban J connectivity index is 1.76. The SMILES string of the molecule is CC(C)(C)OC(=O)N[C@]12C(=O)N(c3ccccc3)N[C@@]1(C)Oc1c(Br)cc3ccccc3c12. The van der Waals surface area contributed by atoms with Crippen LogP contribution in [0.2, 0.25) is 0 Å². The van der Waals surface area contributed by atoms with Gasteiger partial charge in [0, 0.05) is 5.56 Å². The van der Waals surface area contributed by atoms with Crippen LogP contribution in [-0.2, 0) is 15.1 Å². The molecule has 1 fully saturated rings. The van der Waals surface area contributed by atoms with Crippen LogP contribution in [0.3, 0.4) is 0 Å². The number of hydrogen-bond donors (Lipinski definition) is 2. The minimum Gasteiger partial charge on any atom is -0.466 e. The summed E-state index contributed by atoms with van der Waals surface area (Å²) in [7, 11) is 0. The van der Waals surface area contributed by atoms with Gasteiger partial charge in [-0.3, -0.25) is 10.1 Å². The molecule has 2 atom stereocenters. The van der Waals surface area contributed by atoms with Gasteiger partial charge in [0.2, 0.25) is 11.3 Å². The third kappa shape index (κ3) is 3.20. The summed E-state index contributed by atoms with van der Waals surface area (Å²) in [6.45, 7) is 7.09. The predicted octanol–water partition coefficient (Wildman–Crippen LogP) is 4.98. The number of carbonyl (C=O) groups is 2. The molecule has 3 aromatic carbocycles. The molecule has 0 bridgehead atoms. The summed E-state index contributed by atoms with van der Waals surface area (Å²) >= 11 is 3.60. The molecule has 33 heavy (non-hydrogen) atoms. The molecule has 170 valence electrons. The molecule has 2 aliphatic rings. The van der Waals surface area contributed by atoms with Gasteiger partial charge in [-0.15, -0.1) is 0 Å². The zero-order valence-corrected chi connectivity index (χ0v) is 20.3. The van der Waals surface area contributed by atoms with E-state index in [1.807, 2.05) is 60.7 Å². The van der Waals surface area contributed by atoms with Gasteiger partial charge in [-0.05, 0) is 72.6 Å². The molecule has 5 rings (SSSR count). The molecular weight excluding hydrogens is 486 g/mol. The number of benzene rings is 3. The molecule has 1 saturated heterocycles. The van der Waals surface area contributed by atoms with Crippen LogP contribution < -0.4 is 20.5 Å². The number of ether oxygens (including phenoxy) is 2. The molecule has 7 nitrogen and oxygen atoms in total. The minimum absolute atomic E-state index is 0.371. The second-order valence-corrected chi connectivity index (χ2v) is 10.2. The average Bonchev–Trinajstić information content (AvgIpc) is 3.12. The molecule has 2 amide bonds. The Morgan fingerprint density at radius 2 is 1.79 bits per heavy atom. The Morgan fingerprint density at radius 3 is 2.48 bits per heavy atom. The highest BCUT2D eigenvalue weighted by Gasteiger charge is 2.71. The van der Waals surface area contributed by atoms with Crippen molar-refractivity contribution in [2.24, 2.45) is 0 Å². The molecule has 0 radical (unpaired) electrons. The Kier molecular flexibility index (Phi) is 4.74. The van der Waals surface area contributed by atoms with Gasteiger partial charge in [-0.2, -0.15) is 5.43 Å². The van der Waals surface area contributed by atoms with Crippen molar-refractivity contribution in [1.29, 1.82) is 0 Å². The van der Waals surface area contributed by atoms with E-state index in [1.165, 1.54) is 5.01 Å². The number of hydrazine groups is 1. The van der Waals surface area contributed by atoms with E-state index in [4.69, 9.17) is 9.47 Å². The molecule has 0 aromatic heterocycles. The van der Waals surface area contributed by atoms with Crippen LogP contribution in [0.5, 0.6) is 5.75 Å². The molecule has 2 heterocycles. The van der Waals surface area contributed by atoms with Crippen LogP contribution >= 0.6 is 15.9 Å². The zero-order chi connectivity index (χ0) is 23.6. The molecule has 0 saturated carbocycles. The Morgan fingerprint density at radius 1 is 1.12 bits per heavy atom. The van der Waals surface area contributed by atoms with Gasteiger partial charge in [0.1, 0.15) is 11.4 Å². The highest BCUT2D eigenvalue weighted by atomic mass is 79.9. The molecule has 3 aromatic rings. The monoisotopic (exact) mass is 509 g/mol. The summed E-state index contributed by atoms with van der Waals surface area (Å²) < 4.78 is 12.7. The standard InChI is InChI=1S/C25H24BrN3O4/c1-23(2,3)33-22(31)27-25-19-17-13-9-8-10-15(17)14-18(26)20(19)32-24(25,4)28-29(21(25)30)16-11-6-5-7-12-16/h5-14,28H,1-4H3,(H,27,31)/t24-,25+/m0/s1. The first kappa shape index (κ1) is 21.7. The van der Waals surface area contributed by atoms with E-state index >= 15 is 0 Å². The lowest BCUT2D eigenvalue weighted by Crippen LogP contribution is -2.63. The lowest BCUT2D eigenvalue weighted by atomic mass is 9.80. The third-order valence-corrected chi connectivity index (χ3v) is 6.49. The number of nitrogens with one attached hydrogen (secondary N) is 2. The quantitative estimate of drug-likeness (QED) is 0.509. The number of fused-ring (bicyclic) bond motifs is 5. The van der Waals surface area contributed by atoms with Crippen molar-refractivity contribution in [1.82, 2.24) is 10.7 Å². The Hall–Kier alpha value is -3.10. The van der Waals surface area contributed by atoms with E-state index in [-0.39, 0.29) is 5.91 Å². The van der Waals surface area contributed by atoms with Gasteiger partial charge in [0.05, 0.1) is 10.2 Å². The van der Waals surface area contributed by atoms with Gasteiger partial charge >= 0.3 is 6.09 Å². The van der Waals surface area contributed by atoms with Crippen LogP contribution in [0.25, 0.3) is 10.8 Å². The summed E-state index contributed by atoms with van der Waals surface area (Å²) in [4.78, 5) is 27.3. The summed E-state index contributed by atoms with van der Waals surface area (Å²) in [6, 6.07) is 18.8. The maximum absolute atomic E-state index is 14.2. The molecular formula is C25H24BrN3O4. The first-order chi connectivity index (χ1) is 15.6. The van der Waals surface area contributed by atoms with E-state index in [2.05, 4.69) is 26.7 Å².